The number of unbranched alkanes of at least 4 members (excludes halogenated alkanes) is 1. The van der Waals surface area contributed by atoms with Gasteiger partial charge in [0.1, 0.15) is 11.3 Å². The fourth-order valence-corrected chi connectivity index (χ4v) is 6.91. The Labute approximate surface area is 300 Å². The number of fused-ring (bicyclic) bond motifs is 3. The third-order valence-corrected chi connectivity index (χ3v) is 9.67. The molecule has 4 heterocycles. The van der Waals surface area contributed by atoms with E-state index in [4.69, 9.17) is 59.3 Å². The minimum Gasteiger partial charge on any atom is -0.382 e. The van der Waals surface area contributed by atoms with Crippen LogP contribution in [0.5, 0.6) is 0 Å². The van der Waals surface area contributed by atoms with Crippen molar-refractivity contribution in [2.24, 2.45) is 5.73 Å². The zero-order valence-electron chi connectivity index (χ0n) is 30.0. The molecule has 1 fully saturated rings. The quantitative estimate of drug-likeness (QED) is 0.0857. The number of nitrogens with one attached hydrogen (secondary N) is 1. The van der Waals surface area contributed by atoms with Crippen LogP contribution in [-0.4, -0.2) is 152 Å². The van der Waals surface area contributed by atoms with Gasteiger partial charge in [0.25, 0.3) is 0 Å². The first-order valence-corrected chi connectivity index (χ1v) is 19.1. The predicted octanol–water partition coefficient (Wildman–Crippen LogP) is 3.37. The van der Waals surface area contributed by atoms with E-state index in [9.17, 15) is 0 Å². The summed E-state index contributed by atoms with van der Waals surface area (Å²) in [5, 5.41) is 0. The second-order valence-electron chi connectivity index (χ2n) is 12.2. The number of piperidine rings is 1. The maximum absolute atomic E-state index is 6.29. The van der Waals surface area contributed by atoms with Gasteiger partial charge in [0.05, 0.1) is 121 Å². The number of ether oxygens (including phenoxy) is 8. The Balaban J connectivity index is 0.911. The number of H-pyrrole nitrogens is 1. The Morgan fingerprint density at radius 1 is 0.740 bits per heavy atom. The van der Waals surface area contributed by atoms with Gasteiger partial charge in [-0.25, -0.2) is 9.97 Å². The third kappa shape index (κ3) is 14.9. The van der Waals surface area contributed by atoms with E-state index in [-0.39, 0.29) is 0 Å². The second kappa shape index (κ2) is 25.0. The van der Waals surface area contributed by atoms with Gasteiger partial charge in [-0.15, -0.1) is 11.3 Å². The number of hydrogen-bond acceptors (Lipinski definition) is 14. The van der Waals surface area contributed by atoms with Gasteiger partial charge in [-0.1, -0.05) is 13.3 Å². The number of likely N-dealkylation sites (tertiary alicyclic amines) is 1. The van der Waals surface area contributed by atoms with Crippen LogP contribution in [0.1, 0.15) is 49.2 Å². The molecule has 0 spiro atoms. The number of pyridine rings is 1. The minimum atomic E-state index is 0.516. The van der Waals surface area contributed by atoms with Crippen LogP contribution >= 0.6 is 11.3 Å². The van der Waals surface area contributed by atoms with E-state index in [2.05, 4.69) is 22.9 Å². The normalized spacial score (nSPS) is 14.5. The Kier molecular flexibility index (Phi) is 20.4. The Morgan fingerprint density at radius 3 is 1.74 bits per heavy atom. The zero-order valence-corrected chi connectivity index (χ0v) is 30.8. The van der Waals surface area contributed by atoms with Crippen LogP contribution in [0.2, 0.25) is 0 Å². The first-order chi connectivity index (χ1) is 24.7. The maximum Gasteiger partial charge on any atom is 0.152 e. The van der Waals surface area contributed by atoms with Crippen molar-refractivity contribution in [1.82, 2.24) is 19.9 Å². The number of nitrogen functional groups attached to an aromatic ring is 1. The Bertz CT molecular complexity index is 1310. The van der Waals surface area contributed by atoms with E-state index >= 15 is 0 Å². The monoisotopic (exact) mass is 724 g/mol. The Morgan fingerprint density at radius 2 is 1.24 bits per heavy atom. The molecule has 1 aliphatic rings. The number of anilines is 1. The highest BCUT2D eigenvalue weighted by Crippen LogP contribution is 2.39. The molecule has 0 atom stereocenters. The number of aromatic nitrogens is 3. The smallest absolute Gasteiger partial charge is 0.152 e. The molecule has 0 amide bonds. The van der Waals surface area contributed by atoms with E-state index in [0.717, 1.165) is 74.1 Å². The fourth-order valence-electron chi connectivity index (χ4n) is 5.64. The van der Waals surface area contributed by atoms with Crippen LogP contribution in [-0.2, 0) is 44.3 Å². The number of aryl methyl sites for hydroxylation is 1. The zero-order chi connectivity index (χ0) is 35.1. The molecule has 0 bridgehead atoms. The van der Waals surface area contributed by atoms with Crippen LogP contribution in [0, 0.1) is 0 Å². The van der Waals surface area contributed by atoms with E-state index in [1.54, 1.807) is 0 Å². The summed E-state index contributed by atoms with van der Waals surface area (Å²) in [5.74, 6) is 2.07. The molecule has 14 nitrogen and oxygen atoms in total. The van der Waals surface area contributed by atoms with Crippen molar-refractivity contribution in [3.8, 4) is 0 Å². The van der Waals surface area contributed by atoms with Gasteiger partial charge in [-0.05, 0) is 44.3 Å². The van der Waals surface area contributed by atoms with Crippen molar-refractivity contribution >= 4 is 38.4 Å². The van der Waals surface area contributed by atoms with Gasteiger partial charge < -0.3 is 59.2 Å². The predicted molar refractivity (Wildman–Crippen MR) is 196 cm³/mol. The number of nitrogens with two attached hydrogens (primary N) is 2. The van der Waals surface area contributed by atoms with Gasteiger partial charge in [0.2, 0.25) is 0 Å². The Hall–Kier alpha value is -2.02. The number of nitrogens with zero attached hydrogens (tertiary/aromatic N) is 3. The number of rotatable bonds is 30. The number of imidazole rings is 1. The van der Waals surface area contributed by atoms with E-state index < -0.39 is 0 Å². The highest BCUT2D eigenvalue weighted by Gasteiger charge is 2.24. The topological polar surface area (TPSA) is 171 Å². The largest absolute Gasteiger partial charge is 0.382 e. The molecule has 0 aromatic carbocycles. The van der Waals surface area contributed by atoms with Crippen LogP contribution in [0.4, 0.5) is 5.82 Å². The summed E-state index contributed by atoms with van der Waals surface area (Å²) in [6.45, 7) is 14.6. The highest BCUT2D eigenvalue weighted by molar-refractivity contribution is 7.20. The molecule has 1 aliphatic heterocycles. The summed E-state index contributed by atoms with van der Waals surface area (Å²) in [6, 6.07) is 2.24. The van der Waals surface area contributed by atoms with Crippen LogP contribution < -0.4 is 11.5 Å². The molecule has 4 rings (SSSR count). The van der Waals surface area contributed by atoms with Crippen molar-refractivity contribution in [2.75, 3.05) is 138 Å². The SMILES string of the molecule is CCCCc1nc2c(N)nc3cc(C4CCN(CCOCCOCCOCCOCCOCCOCCOCCOCCN)CC4)sc3c2[nH]1. The summed E-state index contributed by atoms with van der Waals surface area (Å²) in [6.07, 6.45) is 5.46. The van der Waals surface area contributed by atoms with E-state index in [1.165, 1.54) is 9.58 Å². The molecule has 0 unspecified atom stereocenters. The maximum atomic E-state index is 6.29. The van der Waals surface area contributed by atoms with Crippen molar-refractivity contribution < 1.29 is 37.9 Å². The van der Waals surface area contributed by atoms with Crippen molar-refractivity contribution in [2.45, 2.75) is 44.9 Å². The number of thiophene rings is 1. The summed E-state index contributed by atoms with van der Waals surface area (Å²) in [4.78, 5) is 16.9. The molecule has 1 saturated heterocycles. The van der Waals surface area contributed by atoms with Gasteiger partial charge in [-0.2, -0.15) is 0 Å². The molecule has 284 valence electrons. The lowest BCUT2D eigenvalue weighted by atomic mass is 9.95. The van der Waals surface area contributed by atoms with Gasteiger partial charge >= 0.3 is 0 Å². The lowest BCUT2D eigenvalue weighted by Crippen LogP contribution is -2.35. The van der Waals surface area contributed by atoms with E-state index in [1.807, 2.05) is 11.3 Å². The average Bonchev–Trinajstić information content (AvgIpc) is 3.76. The molecule has 0 aliphatic carbocycles. The highest BCUT2D eigenvalue weighted by atomic mass is 32.1. The molecule has 5 N–H and O–H groups in total. The van der Waals surface area contributed by atoms with Gasteiger partial charge in [0.15, 0.2) is 5.82 Å². The summed E-state index contributed by atoms with van der Waals surface area (Å²) < 4.78 is 45.2. The first kappa shape index (κ1) is 40.7. The first-order valence-electron chi connectivity index (χ1n) is 18.3. The van der Waals surface area contributed by atoms with Crippen LogP contribution in [0.25, 0.3) is 21.3 Å². The fraction of sp³-hybridized carbons (Fsp3) is 0.771. The standard InChI is InChI=1S/C35H60N6O8S/c1-2-3-4-31-39-32-33(40-31)35(37)38-29-27-30(50-34(29)32)28-5-8-41(9-6-28)10-12-43-14-16-45-18-20-47-22-24-49-26-25-48-23-21-46-19-17-44-15-13-42-11-7-36/h27-28H,2-26,36H2,1H3,(H2,37,38)(H,39,40). The lowest BCUT2D eigenvalue weighted by Gasteiger charge is -2.31. The number of aromatic amines is 1. The lowest BCUT2D eigenvalue weighted by molar-refractivity contribution is -0.0234. The average molecular weight is 725 g/mol. The van der Waals surface area contributed by atoms with Crippen molar-refractivity contribution in [3.05, 3.63) is 16.8 Å². The molecule has 0 radical (unpaired) electrons. The second-order valence-corrected chi connectivity index (χ2v) is 13.3. The van der Waals surface area contributed by atoms with Crippen LogP contribution in [0.3, 0.4) is 0 Å². The van der Waals surface area contributed by atoms with E-state index in [0.29, 0.717) is 124 Å². The molecular weight excluding hydrogens is 664 g/mol. The van der Waals surface area contributed by atoms with Gasteiger partial charge in [0, 0.05) is 24.4 Å². The van der Waals surface area contributed by atoms with Crippen molar-refractivity contribution in [1.29, 1.82) is 0 Å². The van der Waals surface area contributed by atoms with Gasteiger partial charge in [-0.3, -0.25) is 0 Å². The molecule has 3 aromatic heterocycles. The van der Waals surface area contributed by atoms with Crippen molar-refractivity contribution in [3.63, 3.8) is 0 Å². The molecule has 0 saturated carbocycles. The van der Waals surface area contributed by atoms with Crippen LogP contribution in [0.15, 0.2) is 6.07 Å². The minimum absolute atomic E-state index is 0.516. The molecular formula is C35H60N6O8S. The summed E-state index contributed by atoms with van der Waals surface area (Å²) >= 11 is 1.85. The molecule has 50 heavy (non-hydrogen) atoms. The molecule has 15 heteroatoms. The third-order valence-electron chi connectivity index (χ3n) is 8.37. The molecule has 3 aromatic rings. The summed E-state index contributed by atoms with van der Waals surface area (Å²) in [7, 11) is 0. The summed E-state index contributed by atoms with van der Waals surface area (Å²) in [5.41, 5.74) is 14.5. The number of hydrogen-bond donors (Lipinski definition) is 3.